The second-order valence-electron chi connectivity index (χ2n) is 4.14. The van der Waals surface area contributed by atoms with Crippen molar-refractivity contribution >= 4 is 28.6 Å². The lowest BCUT2D eigenvalue weighted by Crippen LogP contribution is -1.99. The topological polar surface area (TPSA) is 91.8 Å². The number of aromatic nitrogens is 4. The molecular formula is C13H10N4O2S. The number of H-pyrrole nitrogens is 1. The first-order chi connectivity index (χ1) is 9.63. The predicted molar refractivity (Wildman–Crippen MR) is 73.9 cm³/mol. The molecule has 0 aliphatic heterocycles. The summed E-state index contributed by atoms with van der Waals surface area (Å²) in [4.78, 5) is 19.9. The van der Waals surface area contributed by atoms with Crippen LogP contribution in [0.3, 0.4) is 0 Å². The van der Waals surface area contributed by atoms with Crippen LogP contribution in [0.25, 0.3) is 10.9 Å². The highest BCUT2D eigenvalue weighted by molar-refractivity contribution is 7.99. The third-order valence-corrected chi connectivity index (χ3v) is 3.48. The number of fused-ring (bicyclic) bond motifs is 1. The van der Waals surface area contributed by atoms with E-state index in [1.807, 2.05) is 6.07 Å². The van der Waals surface area contributed by atoms with E-state index in [9.17, 15) is 9.90 Å². The summed E-state index contributed by atoms with van der Waals surface area (Å²) in [5.74, 6) is -0.275. The van der Waals surface area contributed by atoms with Gasteiger partial charge in [0, 0.05) is 5.39 Å². The van der Waals surface area contributed by atoms with E-state index in [4.69, 9.17) is 0 Å². The molecule has 0 fully saturated rings. The highest BCUT2D eigenvalue weighted by Crippen LogP contribution is 2.27. The Morgan fingerprint density at radius 3 is 2.80 bits per heavy atom. The van der Waals surface area contributed by atoms with Crippen molar-refractivity contribution in [3.63, 3.8) is 0 Å². The minimum Gasteiger partial charge on any atom is -0.478 e. The number of carbonyl (C=O) groups is 1. The van der Waals surface area contributed by atoms with Gasteiger partial charge in [0.05, 0.1) is 11.1 Å². The third kappa shape index (κ3) is 2.35. The van der Waals surface area contributed by atoms with Gasteiger partial charge in [0.2, 0.25) is 5.16 Å². The largest absolute Gasteiger partial charge is 0.478 e. The molecule has 3 aromatic rings. The molecule has 0 unspecified atom stereocenters. The maximum Gasteiger partial charge on any atom is 0.336 e. The Labute approximate surface area is 118 Å². The van der Waals surface area contributed by atoms with Crippen molar-refractivity contribution in [3.05, 3.63) is 41.7 Å². The summed E-state index contributed by atoms with van der Waals surface area (Å²) in [6.45, 7) is 1.80. The van der Waals surface area contributed by atoms with Gasteiger partial charge in [-0.25, -0.2) is 14.8 Å². The Kier molecular flexibility index (Phi) is 3.11. The summed E-state index contributed by atoms with van der Waals surface area (Å²) < 4.78 is 0. The summed E-state index contributed by atoms with van der Waals surface area (Å²) in [6.07, 6.45) is 0. The van der Waals surface area contributed by atoms with Gasteiger partial charge in [-0.15, -0.1) is 5.10 Å². The lowest BCUT2D eigenvalue weighted by Gasteiger charge is -2.04. The number of para-hydroxylation sites is 1. The number of hydrogen-bond donors (Lipinski definition) is 2. The van der Waals surface area contributed by atoms with Gasteiger partial charge in [0.25, 0.3) is 0 Å². The number of carboxylic acid groups (broad SMARTS) is 1. The predicted octanol–water partition coefficient (Wildman–Crippen LogP) is 2.51. The van der Waals surface area contributed by atoms with Gasteiger partial charge in [-0.2, -0.15) is 0 Å². The average molecular weight is 286 g/mol. The van der Waals surface area contributed by atoms with Crippen LogP contribution in [0.4, 0.5) is 0 Å². The molecule has 7 heteroatoms. The Morgan fingerprint density at radius 2 is 2.10 bits per heavy atom. The zero-order chi connectivity index (χ0) is 14.1. The second-order valence-corrected chi connectivity index (χ2v) is 5.12. The standard InChI is InChI=1S/C13H10N4O2S/c1-7-14-13(17-16-7)20-11-6-9(12(18)19)8-4-2-3-5-10(8)15-11/h2-6H,1H3,(H,18,19)(H,14,16,17). The lowest BCUT2D eigenvalue weighted by atomic mass is 10.1. The maximum absolute atomic E-state index is 11.3. The summed E-state index contributed by atoms with van der Waals surface area (Å²) in [6, 6.07) is 8.70. The molecule has 0 bridgehead atoms. The number of nitrogens with zero attached hydrogens (tertiary/aromatic N) is 3. The van der Waals surface area contributed by atoms with E-state index < -0.39 is 5.97 Å². The van der Waals surface area contributed by atoms with Crippen molar-refractivity contribution in [3.8, 4) is 0 Å². The van der Waals surface area contributed by atoms with Crippen molar-refractivity contribution in [2.45, 2.75) is 17.1 Å². The molecule has 2 aromatic heterocycles. The molecule has 0 aliphatic carbocycles. The van der Waals surface area contributed by atoms with Gasteiger partial charge in [-0.05, 0) is 30.8 Å². The number of pyridine rings is 1. The molecule has 6 nitrogen and oxygen atoms in total. The van der Waals surface area contributed by atoms with E-state index >= 15 is 0 Å². The normalized spacial score (nSPS) is 10.8. The highest BCUT2D eigenvalue weighted by Gasteiger charge is 2.13. The molecule has 0 saturated heterocycles. The number of benzene rings is 1. The Hall–Kier alpha value is -2.41. The van der Waals surface area contributed by atoms with Crippen LogP contribution in [0, 0.1) is 6.92 Å². The minimum absolute atomic E-state index is 0.227. The summed E-state index contributed by atoms with van der Waals surface area (Å²) in [5.41, 5.74) is 0.868. The first kappa shape index (κ1) is 12.6. The van der Waals surface area contributed by atoms with Crippen LogP contribution < -0.4 is 0 Å². The second kappa shape index (κ2) is 4.93. The van der Waals surface area contributed by atoms with Crippen molar-refractivity contribution in [1.29, 1.82) is 0 Å². The molecule has 20 heavy (non-hydrogen) atoms. The SMILES string of the molecule is Cc1nc(Sc2cc(C(=O)O)c3ccccc3n2)n[nH]1. The van der Waals surface area contributed by atoms with Gasteiger partial charge in [-0.1, -0.05) is 18.2 Å². The van der Waals surface area contributed by atoms with Crippen molar-refractivity contribution in [1.82, 2.24) is 20.2 Å². The molecule has 100 valence electrons. The maximum atomic E-state index is 11.3. The number of hydrogen-bond acceptors (Lipinski definition) is 5. The van der Waals surface area contributed by atoms with Crippen molar-refractivity contribution < 1.29 is 9.90 Å². The van der Waals surface area contributed by atoms with Crippen LogP contribution in [0.1, 0.15) is 16.2 Å². The Morgan fingerprint density at radius 1 is 1.30 bits per heavy atom. The fourth-order valence-electron chi connectivity index (χ4n) is 1.84. The van der Waals surface area contributed by atoms with Gasteiger partial charge in [-0.3, -0.25) is 5.10 Å². The Bertz CT molecular complexity index is 800. The fraction of sp³-hybridized carbons (Fsp3) is 0.0769. The quantitative estimate of drug-likeness (QED) is 0.768. The van der Waals surface area contributed by atoms with Crippen LogP contribution in [0.5, 0.6) is 0 Å². The van der Waals surface area contributed by atoms with E-state index in [2.05, 4.69) is 20.2 Å². The zero-order valence-corrected chi connectivity index (χ0v) is 11.3. The number of carboxylic acids is 1. The number of aromatic amines is 1. The molecule has 1 aromatic carbocycles. The average Bonchev–Trinajstić information content (AvgIpc) is 2.83. The van der Waals surface area contributed by atoms with Gasteiger partial charge < -0.3 is 5.11 Å². The highest BCUT2D eigenvalue weighted by atomic mass is 32.2. The van der Waals surface area contributed by atoms with Crippen molar-refractivity contribution in [2.75, 3.05) is 0 Å². The molecule has 3 rings (SSSR count). The van der Waals surface area contributed by atoms with E-state index in [-0.39, 0.29) is 5.56 Å². The molecule has 0 saturated carbocycles. The number of rotatable bonds is 3. The number of nitrogens with one attached hydrogen (secondary N) is 1. The zero-order valence-electron chi connectivity index (χ0n) is 10.5. The Balaban J connectivity index is 2.10. The molecule has 0 amide bonds. The number of aromatic carboxylic acids is 1. The van der Waals surface area contributed by atoms with Crippen LogP contribution in [0.15, 0.2) is 40.5 Å². The summed E-state index contributed by atoms with van der Waals surface area (Å²) >= 11 is 1.23. The first-order valence-electron chi connectivity index (χ1n) is 5.83. The van der Waals surface area contributed by atoms with Crippen LogP contribution >= 0.6 is 11.8 Å². The summed E-state index contributed by atoms with van der Waals surface area (Å²) in [5, 5.41) is 17.7. The summed E-state index contributed by atoms with van der Waals surface area (Å²) in [7, 11) is 0. The molecule has 2 N–H and O–H groups in total. The van der Waals surface area contributed by atoms with E-state index in [0.717, 1.165) is 0 Å². The van der Waals surface area contributed by atoms with Gasteiger partial charge in [0.15, 0.2) is 0 Å². The molecule has 0 aliphatic rings. The van der Waals surface area contributed by atoms with Crippen molar-refractivity contribution in [2.24, 2.45) is 0 Å². The monoisotopic (exact) mass is 286 g/mol. The van der Waals surface area contributed by atoms with Crippen LogP contribution in [-0.4, -0.2) is 31.2 Å². The lowest BCUT2D eigenvalue weighted by molar-refractivity contribution is 0.0698. The van der Waals surface area contributed by atoms with Crippen LogP contribution in [-0.2, 0) is 0 Å². The smallest absolute Gasteiger partial charge is 0.336 e. The molecule has 0 spiro atoms. The molecular weight excluding hydrogens is 276 g/mol. The van der Waals surface area contributed by atoms with E-state index in [1.165, 1.54) is 11.8 Å². The minimum atomic E-state index is -0.975. The van der Waals surface area contributed by atoms with Crippen LogP contribution in [0.2, 0.25) is 0 Å². The first-order valence-corrected chi connectivity index (χ1v) is 6.65. The molecule has 2 heterocycles. The molecule has 0 atom stereocenters. The number of aryl methyl sites for hydroxylation is 1. The van der Waals surface area contributed by atoms with Gasteiger partial charge in [0.1, 0.15) is 10.9 Å². The van der Waals surface area contributed by atoms with E-state index in [0.29, 0.717) is 26.9 Å². The van der Waals surface area contributed by atoms with E-state index in [1.54, 1.807) is 31.2 Å². The molecule has 0 radical (unpaired) electrons. The van der Waals surface area contributed by atoms with Gasteiger partial charge >= 0.3 is 5.97 Å². The third-order valence-electron chi connectivity index (χ3n) is 2.70. The fourth-order valence-corrected chi connectivity index (χ4v) is 2.62.